The molecule has 0 aliphatic carbocycles. The number of nitrogens with zero attached hydrogens (tertiary/aromatic N) is 1. The van der Waals surface area contributed by atoms with Gasteiger partial charge in [0.25, 0.3) is 0 Å². The minimum Gasteiger partial charge on any atom is -0.395 e. The topological polar surface area (TPSA) is 23.5 Å². The van der Waals surface area contributed by atoms with E-state index in [-0.39, 0.29) is 18.5 Å². The summed E-state index contributed by atoms with van der Waals surface area (Å²) in [4.78, 5) is 2.14. The molecule has 1 aromatic carbocycles. The Morgan fingerprint density at radius 1 is 1.53 bits per heavy atom. The van der Waals surface area contributed by atoms with Crippen LogP contribution in [0.15, 0.2) is 18.2 Å². The lowest BCUT2D eigenvalue weighted by molar-refractivity contribution is 0.133. The van der Waals surface area contributed by atoms with Gasteiger partial charge in [0.15, 0.2) is 0 Å². The highest BCUT2D eigenvalue weighted by Gasteiger charge is 2.30. The van der Waals surface area contributed by atoms with Gasteiger partial charge in [0.05, 0.1) is 6.61 Å². The van der Waals surface area contributed by atoms with Gasteiger partial charge in [0.1, 0.15) is 5.82 Å². The minimum absolute atomic E-state index is 0.135. The second-order valence-corrected chi connectivity index (χ2v) is 5.16. The van der Waals surface area contributed by atoms with Gasteiger partial charge in [-0.25, -0.2) is 4.39 Å². The lowest BCUT2D eigenvalue weighted by Gasteiger charge is -2.25. The van der Waals surface area contributed by atoms with Gasteiger partial charge in [0.2, 0.25) is 0 Å². The van der Waals surface area contributed by atoms with Crippen molar-refractivity contribution in [1.82, 2.24) is 4.90 Å². The van der Waals surface area contributed by atoms with Crippen LogP contribution in [0.4, 0.5) is 4.39 Å². The normalized spacial score (nSPS) is 25.4. The summed E-state index contributed by atoms with van der Waals surface area (Å²) in [6.07, 6.45) is 1.06. The Morgan fingerprint density at radius 3 is 2.94 bits per heavy atom. The fourth-order valence-corrected chi connectivity index (χ4v) is 2.61. The molecule has 1 aromatic rings. The van der Waals surface area contributed by atoms with E-state index >= 15 is 0 Å². The van der Waals surface area contributed by atoms with E-state index in [1.165, 1.54) is 6.07 Å². The highest BCUT2D eigenvalue weighted by Crippen LogP contribution is 2.26. The molecular formula is C13H17ClFNO. The van der Waals surface area contributed by atoms with Gasteiger partial charge >= 0.3 is 0 Å². The molecule has 0 radical (unpaired) electrons. The molecule has 2 atom stereocenters. The van der Waals surface area contributed by atoms with Crippen molar-refractivity contribution in [1.29, 1.82) is 0 Å². The molecule has 0 saturated carbocycles. The molecule has 0 bridgehead atoms. The standard InChI is InChI=1S/C13H17ClFNO/c1-9-4-5-16(13(9)8-17)7-10-2-3-11(14)6-12(10)15/h2-3,6,9,13,17H,4-5,7-8H2,1H3. The Kier molecular flexibility index (Phi) is 4.02. The summed E-state index contributed by atoms with van der Waals surface area (Å²) in [5, 5.41) is 9.76. The molecule has 1 N–H and O–H groups in total. The fraction of sp³-hybridized carbons (Fsp3) is 0.538. The Labute approximate surface area is 106 Å². The van der Waals surface area contributed by atoms with E-state index in [0.29, 0.717) is 23.0 Å². The van der Waals surface area contributed by atoms with Crippen molar-refractivity contribution in [3.05, 3.63) is 34.6 Å². The van der Waals surface area contributed by atoms with E-state index in [1.54, 1.807) is 12.1 Å². The zero-order valence-electron chi connectivity index (χ0n) is 9.87. The van der Waals surface area contributed by atoms with Crippen LogP contribution in [-0.4, -0.2) is 29.2 Å². The lowest BCUT2D eigenvalue weighted by Crippen LogP contribution is -2.34. The molecule has 1 heterocycles. The van der Waals surface area contributed by atoms with Crippen molar-refractivity contribution in [2.75, 3.05) is 13.2 Å². The van der Waals surface area contributed by atoms with Gasteiger partial charge in [0, 0.05) is 23.2 Å². The zero-order valence-corrected chi connectivity index (χ0v) is 10.6. The van der Waals surface area contributed by atoms with E-state index in [1.807, 2.05) is 0 Å². The molecule has 0 aromatic heterocycles. The molecule has 1 fully saturated rings. The SMILES string of the molecule is CC1CCN(Cc2ccc(Cl)cc2F)C1CO. The summed E-state index contributed by atoms with van der Waals surface area (Å²) in [5.41, 5.74) is 0.641. The summed E-state index contributed by atoms with van der Waals surface area (Å²) in [6.45, 7) is 3.71. The maximum absolute atomic E-state index is 13.7. The van der Waals surface area contributed by atoms with E-state index in [9.17, 15) is 9.50 Å². The predicted molar refractivity (Wildman–Crippen MR) is 66.5 cm³/mol. The van der Waals surface area contributed by atoms with Crippen LogP contribution in [0.25, 0.3) is 0 Å². The van der Waals surface area contributed by atoms with E-state index < -0.39 is 0 Å². The molecule has 4 heteroatoms. The molecule has 1 aliphatic rings. The quantitative estimate of drug-likeness (QED) is 0.900. The van der Waals surface area contributed by atoms with E-state index in [4.69, 9.17) is 11.6 Å². The van der Waals surface area contributed by atoms with Crippen LogP contribution in [-0.2, 0) is 6.54 Å². The number of aliphatic hydroxyl groups is 1. The first kappa shape index (κ1) is 12.8. The summed E-state index contributed by atoms with van der Waals surface area (Å²) in [6, 6.07) is 4.90. The molecule has 0 spiro atoms. The Morgan fingerprint density at radius 2 is 2.29 bits per heavy atom. The number of likely N-dealkylation sites (tertiary alicyclic amines) is 1. The number of halogens is 2. The maximum Gasteiger partial charge on any atom is 0.129 e. The van der Waals surface area contributed by atoms with Crippen LogP contribution >= 0.6 is 11.6 Å². The number of hydrogen-bond donors (Lipinski definition) is 1. The van der Waals surface area contributed by atoms with Gasteiger partial charge in [-0.3, -0.25) is 4.90 Å². The third kappa shape index (κ3) is 2.79. The van der Waals surface area contributed by atoms with Gasteiger partial charge < -0.3 is 5.11 Å². The minimum atomic E-state index is -0.270. The van der Waals surface area contributed by atoms with Crippen LogP contribution in [0.3, 0.4) is 0 Å². The van der Waals surface area contributed by atoms with E-state index in [2.05, 4.69) is 11.8 Å². The van der Waals surface area contributed by atoms with Crippen LogP contribution in [0, 0.1) is 11.7 Å². The largest absolute Gasteiger partial charge is 0.395 e. The monoisotopic (exact) mass is 257 g/mol. The highest BCUT2D eigenvalue weighted by atomic mass is 35.5. The number of rotatable bonds is 3. The first-order chi connectivity index (χ1) is 8.11. The van der Waals surface area contributed by atoms with Crippen molar-refractivity contribution in [3.8, 4) is 0 Å². The Balaban J connectivity index is 2.10. The zero-order chi connectivity index (χ0) is 12.4. The van der Waals surface area contributed by atoms with E-state index in [0.717, 1.165) is 13.0 Å². The van der Waals surface area contributed by atoms with Crippen LogP contribution < -0.4 is 0 Å². The van der Waals surface area contributed by atoms with Gasteiger partial charge in [-0.15, -0.1) is 0 Å². The van der Waals surface area contributed by atoms with Gasteiger partial charge in [-0.1, -0.05) is 24.6 Å². The smallest absolute Gasteiger partial charge is 0.129 e. The molecule has 2 nitrogen and oxygen atoms in total. The number of hydrogen-bond acceptors (Lipinski definition) is 2. The van der Waals surface area contributed by atoms with Gasteiger partial charge in [-0.05, 0) is 31.0 Å². The molecule has 0 amide bonds. The third-order valence-corrected chi connectivity index (χ3v) is 3.81. The highest BCUT2D eigenvalue weighted by molar-refractivity contribution is 6.30. The average molecular weight is 258 g/mol. The predicted octanol–water partition coefficient (Wildman–Crippen LogP) is 2.68. The summed E-state index contributed by atoms with van der Waals surface area (Å²) in [5.74, 6) is 0.198. The first-order valence-corrected chi connectivity index (χ1v) is 6.28. The molecule has 1 saturated heterocycles. The second kappa shape index (κ2) is 5.34. The lowest BCUT2D eigenvalue weighted by atomic mass is 10.0. The summed E-state index contributed by atoms with van der Waals surface area (Å²) in [7, 11) is 0. The molecule has 1 aliphatic heterocycles. The molecule has 94 valence electrons. The average Bonchev–Trinajstić information content (AvgIpc) is 2.63. The summed E-state index contributed by atoms with van der Waals surface area (Å²) >= 11 is 5.72. The molecule has 2 rings (SSSR count). The van der Waals surface area contributed by atoms with Gasteiger partial charge in [-0.2, -0.15) is 0 Å². The second-order valence-electron chi connectivity index (χ2n) is 4.72. The Hall–Kier alpha value is -0.640. The third-order valence-electron chi connectivity index (χ3n) is 3.57. The van der Waals surface area contributed by atoms with Crippen molar-refractivity contribution >= 4 is 11.6 Å². The molecule has 2 unspecified atom stereocenters. The van der Waals surface area contributed by atoms with Crippen molar-refractivity contribution in [2.24, 2.45) is 5.92 Å². The van der Waals surface area contributed by atoms with Crippen LogP contribution in [0.1, 0.15) is 18.9 Å². The maximum atomic E-state index is 13.7. The number of benzene rings is 1. The van der Waals surface area contributed by atoms with Crippen LogP contribution in [0.5, 0.6) is 0 Å². The first-order valence-electron chi connectivity index (χ1n) is 5.90. The van der Waals surface area contributed by atoms with Crippen molar-refractivity contribution in [2.45, 2.75) is 25.9 Å². The molecule has 17 heavy (non-hydrogen) atoms. The Bertz CT molecular complexity index is 399. The molecular weight excluding hydrogens is 241 g/mol. The van der Waals surface area contributed by atoms with Crippen molar-refractivity contribution < 1.29 is 9.50 Å². The van der Waals surface area contributed by atoms with Crippen molar-refractivity contribution in [3.63, 3.8) is 0 Å². The summed E-state index contributed by atoms with van der Waals surface area (Å²) < 4.78 is 13.7. The fourth-order valence-electron chi connectivity index (χ4n) is 2.45. The number of aliphatic hydroxyl groups excluding tert-OH is 1. The van der Waals surface area contributed by atoms with Crippen LogP contribution in [0.2, 0.25) is 5.02 Å².